The van der Waals surface area contributed by atoms with Gasteiger partial charge in [-0.05, 0) is 36.3 Å². The number of nitrogens with zero attached hydrogens (tertiary/aromatic N) is 4. The predicted molar refractivity (Wildman–Crippen MR) is 150 cm³/mol. The molecule has 1 N–H and O–H groups in total. The molecule has 11 heteroatoms. The molecule has 1 aromatic heterocycles. The normalized spacial score (nSPS) is 15.2. The Morgan fingerprint density at radius 1 is 1.37 bits per heavy atom. The van der Waals surface area contributed by atoms with E-state index in [0.29, 0.717) is 36.8 Å². The minimum Gasteiger partial charge on any atom is -0.496 e. The molecule has 2 aliphatic heterocycles. The molecule has 38 heavy (non-hydrogen) atoms. The number of aromatic nitrogens is 2. The number of ether oxygens (including phenoxy) is 3. The number of amides is 2. The lowest BCUT2D eigenvalue weighted by atomic mass is 9.96. The van der Waals surface area contributed by atoms with Crippen molar-refractivity contribution in [3.05, 3.63) is 53.1 Å². The van der Waals surface area contributed by atoms with Crippen molar-refractivity contribution in [3.63, 3.8) is 0 Å². The molecule has 0 unspecified atom stereocenters. The molecule has 2 aliphatic rings. The van der Waals surface area contributed by atoms with Gasteiger partial charge in [0.25, 0.3) is 5.91 Å². The summed E-state index contributed by atoms with van der Waals surface area (Å²) >= 11 is 1.51. The van der Waals surface area contributed by atoms with Crippen molar-refractivity contribution in [1.82, 2.24) is 20.0 Å². The number of carbonyl (C=O) groups excluding carboxylic acids is 2. The molecule has 0 atom stereocenters. The number of nitrogens with one attached hydrogen (secondary N) is 1. The fourth-order valence-electron chi connectivity index (χ4n) is 4.40. The van der Waals surface area contributed by atoms with Crippen LogP contribution in [-0.4, -0.2) is 79.5 Å². The fourth-order valence-corrected chi connectivity index (χ4v) is 4.84. The summed E-state index contributed by atoms with van der Waals surface area (Å²) in [4.78, 5) is 30.7. The first kappa shape index (κ1) is 27.1. The molecule has 0 saturated carbocycles. The zero-order chi connectivity index (χ0) is 27.2. The average molecular weight is 538 g/mol. The molecule has 2 aromatic rings. The molecule has 10 nitrogen and oxygen atoms in total. The summed E-state index contributed by atoms with van der Waals surface area (Å²) < 4.78 is 18.5. The number of rotatable bonds is 10. The molecule has 2 amide bonds. The van der Waals surface area contributed by atoms with Crippen LogP contribution >= 0.6 is 11.8 Å². The maximum atomic E-state index is 13.3. The van der Waals surface area contributed by atoms with Gasteiger partial charge in [0.15, 0.2) is 5.69 Å². The quantitative estimate of drug-likeness (QED) is 0.359. The van der Waals surface area contributed by atoms with Crippen LogP contribution in [0.4, 0.5) is 4.79 Å². The Labute approximate surface area is 226 Å². The summed E-state index contributed by atoms with van der Waals surface area (Å²) in [5, 5.41) is 9.51. The average Bonchev–Trinajstić information content (AvgIpc) is 3.53. The molecule has 0 bridgehead atoms. The van der Waals surface area contributed by atoms with Gasteiger partial charge in [0.2, 0.25) is 0 Å². The van der Waals surface area contributed by atoms with E-state index in [1.54, 1.807) is 36.0 Å². The molecule has 1 fully saturated rings. The van der Waals surface area contributed by atoms with Gasteiger partial charge in [-0.2, -0.15) is 5.10 Å². The number of fused-ring (bicyclic) bond motifs is 3. The van der Waals surface area contributed by atoms with Crippen molar-refractivity contribution in [2.75, 3.05) is 46.7 Å². The van der Waals surface area contributed by atoms with E-state index in [2.05, 4.69) is 16.9 Å². The number of cyclic esters (lactones) is 1. The summed E-state index contributed by atoms with van der Waals surface area (Å²) in [5.41, 5.74) is 4.86. The third-order valence-electron chi connectivity index (χ3n) is 6.22. The van der Waals surface area contributed by atoms with E-state index in [1.807, 2.05) is 36.8 Å². The van der Waals surface area contributed by atoms with Crippen LogP contribution in [0.15, 0.2) is 41.3 Å². The molecule has 1 saturated heterocycles. The van der Waals surface area contributed by atoms with Gasteiger partial charge in [-0.25, -0.2) is 9.48 Å². The van der Waals surface area contributed by atoms with Crippen molar-refractivity contribution in [3.8, 4) is 22.8 Å². The first-order chi connectivity index (χ1) is 18.5. The van der Waals surface area contributed by atoms with Gasteiger partial charge in [-0.3, -0.25) is 9.79 Å². The van der Waals surface area contributed by atoms with Crippen molar-refractivity contribution < 1.29 is 23.8 Å². The minimum absolute atomic E-state index is 0.155. The number of hydrogen-bond donors (Lipinski definition) is 1. The second kappa shape index (κ2) is 12.0. The minimum atomic E-state index is -0.372. The number of benzene rings is 1. The zero-order valence-corrected chi connectivity index (χ0v) is 22.8. The monoisotopic (exact) mass is 537 g/mol. The molecule has 1 aromatic carbocycles. The van der Waals surface area contributed by atoms with Crippen molar-refractivity contribution in [2.45, 2.75) is 13.5 Å². The van der Waals surface area contributed by atoms with E-state index in [1.165, 1.54) is 11.8 Å². The summed E-state index contributed by atoms with van der Waals surface area (Å²) in [7, 11) is 3.33. The lowest BCUT2D eigenvalue weighted by Crippen LogP contribution is -2.36. The van der Waals surface area contributed by atoms with Crippen LogP contribution in [0.25, 0.3) is 22.5 Å². The zero-order valence-electron chi connectivity index (χ0n) is 21.9. The number of methoxy groups -OCH3 is 1. The van der Waals surface area contributed by atoms with Gasteiger partial charge in [-0.1, -0.05) is 12.7 Å². The van der Waals surface area contributed by atoms with Crippen LogP contribution in [0.5, 0.6) is 11.5 Å². The summed E-state index contributed by atoms with van der Waals surface area (Å²) in [6.07, 6.45) is 6.99. The molecule has 200 valence electrons. The highest BCUT2D eigenvalue weighted by atomic mass is 32.2. The lowest BCUT2D eigenvalue weighted by Gasteiger charge is -2.22. The van der Waals surface area contributed by atoms with Crippen molar-refractivity contribution >= 4 is 41.2 Å². The van der Waals surface area contributed by atoms with E-state index in [0.717, 1.165) is 28.1 Å². The van der Waals surface area contributed by atoms with E-state index in [4.69, 9.17) is 19.3 Å². The van der Waals surface area contributed by atoms with Gasteiger partial charge in [0, 0.05) is 49.1 Å². The van der Waals surface area contributed by atoms with Crippen LogP contribution < -0.4 is 14.8 Å². The highest BCUT2D eigenvalue weighted by molar-refractivity contribution is 8.01. The summed E-state index contributed by atoms with van der Waals surface area (Å²) in [5.74, 6) is 0.914. The van der Waals surface area contributed by atoms with Gasteiger partial charge < -0.3 is 24.4 Å². The Hall–Kier alpha value is -3.99. The number of allylic oxidation sites excluding steroid dienone is 4. The van der Waals surface area contributed by atoms with E-state index >= 15 is 0 Å². The van der Waals surface area contributed by atoms with Crippen LogP contribution in [0.3, 0.4) is 0 Å². The van der Waals surface area contributed by atoms with Crippen LogP contribution in [-0.2, 0) is 11.3 Å². The van der Waals surface area contributed by atoms with E-state index in [9.17, 15) is 9.59 Å². The first-order valence-electron chi connectivity index (χ1n) is 12.1. The predicted octanol–water partition coefficient (Wildman–Crippen LogP) is 4.08. The molecule has 4 rings (SSSR count). The molecule has 0 spiro atoms. The fraction of sp³-hybridized carbons (Fsp3) is 0.333. The Kier molecular flexibility index (Phi) is 8.57. The third kappa shape index (κ3) is 5.19. The highest BCUT2D eigenvalue weighted by Crippen LogP contribution is 2.44. The first-order valence-corrected chi connectivity index (χ1v) is 13.4. The van der Waals surface area contributed by atoms with Gasteiger partial charge in [0.05, 0.1) is 25.0 Å². The Morgan fingerprint density at radius 2 is 2.18 bits per heavy atom. The maximum absolute atomic E-state index is 13.3. The smallest absolute Gasteiger partial charge is 0.409 e. The second-order valence-electron chi connectivity index (χ2n) is 8.40. The third-order valence-corrected chi connectivity index (χ3v) is 6.70. The molecule has 3 heterocycles. The topological polar surface area (TPSA) is 107 Å². The standard InChI is InChI=1S/C27H31N5O5S/c1-6-17(14-28-3)19-12-20-23(13-22(19)35-4)37-15-21-24(30-32(25(20)21)18(7-2)16-38-5)26(33)29-8-9-31-10-11-36-27(31)34/h6-7,12-14,16H,2,8-11,15H2,1,3-5H3,(H,29,33)/b17-6+,18-16+,28-14?. The summed E-state index contributed by atoms with van der Waals surface area (Å²) in [6.45, 7) is 7.54. The number of carbonyl (C=O) groups is 2. The highest BCUT2D eigenvalue weighted by Gasteiger charge is 2.32. The van der Waals surface area contributed by atoms with E-state index in [-0.39, 0.29) is 30.8 Å². The van der Waals surface area contributed by atoms with Gasteiger partial charge in [-0.15, -0.1) is 11.8 Å². The van der Waals surface area contributed by atoms with Crippen molar-refractivity contribution in [2.24, 2.45) is 4.99 Å². The number of aliphatic imine (C=N–C) groups is 1. The largest absolute Gasteiger partial charge is 0.496 e. The van der Waals surface area contributed by atoms with Gasteiger partial charge in [0.1, 0.15) is 24.7 Å². The second-order valence-corrected chi connectivity index (χ2v) is 9.10. The van der Waals surface area contributed by atoms with Crippen LogP contribution in [0, 0.1) is 0 Å². The molecule has 0 radical (unpaired) electrons. The Morgan fingerprint density at radius 3 is 2.82 bits per heavy atom. The molecular weight excluding hydrogens is 506 g/mol. The van der Waals surface area contributed by atoms with Gasteiger partial charge >= 0.3 is 6.09 Å². The van der Waals surface area contributed by atoms with Crippen molar-refractivity contribution in [1.29, 1.82) is 0 Å². The SMILES string of the molecule is C=C/C(=C\SC)n1nc(C(=O)NCCN2CCOC2=O)c2c1-c1cc(/C(C=NC)=C/C)c(OC)cc1OC2. The maximum Gasteiger partial charge on any atom is 0.409 e. The van der Waals surface area contributed by atoms with Crippen LogP contribution in [0.1, 0.15) is 28.5 Å². The lowest BCUT2D eigenvalue weighted by molar-refractivity contribution is 0.0941. The Balaban J connectivity index is 1.79. The Bertz CT molecular complexity index is 1340. The molecule has 0 aliphatic carbocycles. The number of thioether (sulfide) groups is 1. The van der Waals surface area contributed by atoms with Crippen LogP contribution in [0.2, 0.25) is 0 Å². The summed E-state index contributed by atoms with van der Waals surface area (Å²) in [6, 6.07) is 3.82. The molecular formula is C27H31N5O5S. The number of hydrogen-bond acceptors (Lipinski definition) is 8. The van der Waals surface area contributed by atoms with E-state index < -0.39 is 0 Å².